The lowest BCUT2D eigenvalue weighted by Gasteiger charge is -2.25. The molecule has 100 valence electrons. The molecule has 0 aromatic heterocycles. The highest BCUT2D eigenvalue weighted by Crippen LogP contribution is 2.21. The monoisotopic (exact) mass is 251 g/mol. The Morgan fingerprint density at radius 3 is 2.67 bits per heavy atom. The lowest BCUT2D eigenvalue weighted by Crippen LogP contribution is -2.24. The van der Waals surface area contributed by atoms with E-state index in [9.17, 15) is 4.39 Å². The molecule has 0 saturated carbocycles. The number of hydrogen-bond donors (Lipinski definition) is 2. The molecule has 1 rings (SSSR count). The number of unbranched alkanes of at least 4 members (excludes halogenated alkanes) is 1. The molecule has 0 bridgehead atoms. The van der Waals surface area contributed by atoms with E-state index in [1.807, 2.05) is 26.1 Å². The maximum absolute atomic E-state index is 13.6. The highest BCUT2D eigenvalue weighted by Gasteiger charge is 2.14. The molecule has 0 fully saturated rings. The number of nitrogens with one attached hydrogen (secondary N) is 1. The molecule has 0 aliphatic rings. The molecular formula is C14H22FN3. The Kier molecular flexibility index (Phi) is 5.78. The van der Waals surface area contributed by atoms with Gasteiger partial charge in [0.1, 0.15) is 5.82 Å². The molecule has 0 aliphatic carbocycles. The van der Waals surface area contributed by atoms with Crippen LogP contribution in [0.15, 0.2) is 24.3 Å². The second-order valence-electron chi connectivity index (χ2n) is 4.66. The van der Waals surface area contributed by atoms with Gasteiger partial charge in [0.05, 0.1) is 5.84 Å². The van der Waals surface area contributed by atoms with Crippen molar-refractivity contribution in [3.05, 3.63) is 35.6 Å². The smallest absolute Gasteiger partial charge is 0.127 e. The van der Waals surface area contributed by atoms with Crippen LogP contribution in [0.3, 0.4) is 0 Å². The van der Waals surface area contributed by atoms with Crippen LogP contribution in [0.5, 0.6) is 0 Å². The first-order chi connectivity index (χ1) is 8.52. The number of benzene rings is 1. The molecule has 3 nitrogen and oxygen atoms in total. The van der Waals surface area contributed by atoms with Gasteiger partial charge in [0.2, 0.25) is 0 Å². The second kappa shape index (κ2) is 7.11. The van der Waals surface area contributed by atoms with Gasteiger partial charge < -0.3 is 5.73 Å². The standard InChI is InChI=1S/C14H22FN3/c1-11(12-7-3-4-8-13(12)15)18(2)10-6-5-9-14(16)17/h3-4,7-8,11H,5-6,9-10H2,1-2H3,(H3,16,17). The summed E-state index contributed by atoms with van der Waals surface area (Å²) in [5.74, 6) is 0.0837. The minimum Gasteiger partial charge on any atom is -0.388 e. The summed E-state index contributed by atoms with van der Waals surface area (Å²) in [5, 5.41) is 7.14. The summed E-state index contributed by atoms with van der Waals surface area (Å²) in [6.45, 7) is 2.88. The lowest BCUT2D eigenvalue weighted by molar-refractivity contribution is 0.251. The fraction of sp³-hybridized carbons (Fsp3) is 0.500. The molecule has 0 saturated heterocycles. The number of amidine groups is 1. The molecule has 0 heterocycles. The van der Waals surface area contributed by atoms with Crippen molar-refractivity contribution in [2.24, 2.45) is 5.73 Å². The molecule has 0 amide bonds. The van der Waals surface area contributed by atoms with E-state index in [4.69, 9.17) is 11.1 Å². The molecule has 1 unspecified atom stereocenters. The lowest BCUT2D eigenvalue weighted by atomic mass is 10.1. The van der Waals surface area contributed by atoms with Gasteiger partial charge in [-0.05, 0) is 39.4 Å². The van der Waals surface area contributed by atoms with Gasteiger partial charge in [-0.2, -0.15) is 0 Å². The van der Waals surface area contributed by atoms with Gasteiger partial charge in [-0.3, -0.25) is 10.3 Å². The zero-order valence-corrected chi connectivity index (χ0v) is 11.1. The highest BCUT2D eigenvalue weighted by atomic mass is 19.1. The number of hydrogen-bond acceptors (Lipinski definition) is 2. The number of nitrogens with zero attached hydrogens (tertiary/aromatic N) is 1. The van der Waals surface area contributed by atoms with E-state index in [-0.39, 0.29) is 17.7 Å². The third-order valence-electron chi connectivity index (χ3n) is 3.22. The van der Waals surface area contributed by atoms with E-state index >= 15 is 0 Å². The maximum atomic E-state index is 13.6. The Morgan fingerprint density at radius 1 is 1.39 bits per heavy atom. The molecule has 1 aromatic carbocycles. The van der Waals surface area contributed by atoms with Gasteiger partial charge in [0, 0.05) is 18.0 Å². The van der Waals surface area contributed by atoms with Crippen LogP contribution in [0.2, 0.25) is 0 Å². The fourth-order valence-corrected chi connectivity index (χ4v) is 1.92. The first-order valence-corrected chi connectivity index (χ1v) is 6.30. The SMILES string of the molecule is CC(c1ccccc1F)N(C)CCCCC(=N)N. The molecule has 1 atom stereocenters. The van der Waals surface area contributed by atoms with Crippen LogP contribution in [0.1, 0.15) is 37.8 Å². The van der Waals surface area contributed by atoms with Gasteiger partial charge in [0.25, 0.3) is 0 Å². The maximum Gasteiger partial charge on any atom is 0.127 e. The van der Waals surface area contributed by atoms with Crippen molar-refractivity contribution < 1.29 is 4.39 Å². The normalized spacial score (nSPS) is 12.7. The third-order valence-corrected chi connectivity index (χ3v) is 3.22. The van der Waals surface area contributed by atoms with Crippen molar-refractivity contribution in [2.75, 3.05) is 13.6 Å². The largest absolute Gasteiger partial charge is 0.388 e. The first-order valence-electron chi connectivity index (χ1n) is 6.30. The van der Waals surface area contributed by atoms with E-state index in [2.05, 4.69) is 4.90 Å². The Balaban J connectivity index is 2.44. The zero-order chi connectivity index (χ0) is 13.5. The number of nitrogens with two attached hydrogens (primary N) is 1. The molecule has 1 aromatic rings. The van der Waals surface area contributed by atoms with Crippen molar-refractivity contribution in [1.82, 2.24) is 4.90 Å². The predicted octanol–water partition coefficient (Wildman–Crippen LogP) is 2.92. The average molecular weight is 251 g/mol. The first kappa shape index (κ1) is 14.6. The quantitative estimate of drug-likeness (QED) is 0.445. The van der Waals surface area contributed by atoms with Crippen LogP contribution < -0.4 is 5.73 Å². The summed E-state index contributed by atoms with van der Waals surface area (Å²) >= 11 is 0. The molecule has 0 spiro atoms. The Labute approximate surface area is 108 Å². The molecule has 18 heavy (non-hydrogen) atoms. The van der Waals surface area contributed by atoms with Crippen molar-refractivity contribution in [3.63, 3.8) is 0 Å². The van der Waals surface area contributed by atoms with Crippen molar-refractivity contribution in [3.8, 4) is 0 Å². The molecule has 3 N–H and O–H groups in total. The average Bonchev–Trinajstić information content (AvgIpc) is 2.34. The zero-order valence-electron chi connectivity index (χ0n) is 11.1. The Morgan fingerprint density at radius 2 is 2.06 bits per heavy atom. The van der Waals surface area contributed by atoms with Gasteiger partial charge in [-0.25, -0.2) is 4.39 Å². The topological polar surface area (TPSA) is 53.1 Å². The predicted molar refractivity (Wildman–Crippen MR) is 73.2 cm³/mol. The van der Waals surface area contributed by atoms with Crippen LogP contribution in [-0.4, -0.2) is 24.3 Å². The van der Waals surface area contributed by atoms with E-state index in [1.54, 1.807) is 6.07 Å². The van der Waals surface area contributed by atoms with Crippen LogP contribution in [0.25, 0.3) is 0 Å². The molecule has 0 aliphatic heterocycles. The summed E-state index contributed by atoms with van der Waals surface area (Å²) < 4.78 is 13.6. The van der Waals surface area contributed by atoms with Gasteiger partial charge in [0.15, 0.2) is 0 Å². The molecule has 0 radical (unpaired) electrons. The second-order valence-corrected chi connectivity index (χ2v) is 4.66. The van der Waals surface area contributed by atoms with Gasteiger partial charge in [-0.15, -0.1) is 0 Å². The fourth-order valence-electron chi connectivity index (χ4n) is 1.92. The van der Waals surface area contributed by atoms with Gasteiger partial charge >= 0.3 is 0 Å². The van der Waals surface area contributed by atoms with E-state index in [1.165, 1.54) is 6.07 Å². The Hall–Kier alpha value is -1.42. The summed E-state index contributed by atoms with van der Waals surface area (Å²) in [7, 11) is 1.99. The third kappa shape index (κ3) is 4.45. The number of rotatable bonds is 7. The summed E-state index contributed by atoms with van der Waals surface area (Å²) in [5.41, 5.74) is 6.03. The molecule has 4 heteroatoms. The summed E-state index contributed by atoms with van der Waals surface area (Å²) in [6, 6.07) is 6.95. The minimum atomic E-state index is -0.152. The van der Waals surface area contributed by atoms with E-state index < -0.39 is 0 Å². The Bertz CT molecular complexity index is 392. The number of halogens is 1. The van der Waals surface area contributed by atoms with E-state index in [0.717, 1.165) is 24.9 Å². The van der Waals surface area contributed by atoms with Crippen LogP contribution in [0, 0.1) is 11.2 Å². The van der Waals surface area contributed by atoms with Crippen LogP contribution in [0.4, 0.5) is 4.39 Å². The van der Waals surface area contributed by atoms with E-state index in [0.29, 0.717) is 6.42 Å². The highest BCUT2D eigenvalue weighted by molar-refractivity contribution is 5.76. The molecular weight excluding hydrogens is 229 g/mol. The van der Waals surface area contributed by atoms with Crippen LogP contribution in [-0.2, 0) is 0 Å². The van der Waals surface area contributed by atoms with Gasteiger partial charge in [-0.1, -0.05) is 18.2 Å². The summed E-state index contributed by atoms with van der Waals surface area (Å²) in [4.78, 5) is 2.12. The van der Waals surface area contributed by atoms with Crippen molar-refractivity contribution >= 4 is 5.84 Å². The summed E-state index contributed by atoms with van der Waals surface area (Å²) in [6.07, 6.45) is 2.51. The minimum absolute atomic E-state index is 0.0588. The van der Waals surface area contributed by atoms with Crippen LogP contribution >= 0.6 is 0 Å². The van der Waals surface area contributed by atoms with Crippen molar-refractivity contribution in [1.29, 1.82) is 5.41 Å². The van der Waals surface area contributed by atoms with Crippen molar-refractivity contribution in [2.45, 2.75) is 32.2 Å².